The Bertz CT molecular complexity index is 1110. The van der Waals surface area contributed by atoms with Gasteiger partial charge in [0.15, 0.2) is 4.34 Å². The molecule has 2 aromatic heterocycles. The maximum absolute atomic E-state index is 12.6. The van der Waals surface area contributed by atoms with E-state index < -0.39 is 0 Å². The third-order valence-corrected chi connectivity index (χ3v) is 7.57. The van der Waals surface area contributed by atoms with Gasteiger partial charge in [0.2, 0.25) is 5.13 Å². The van der Waals surface area contributed by atoms with Crippen molar-refractivity contribution in [3.8, 4) is 0 Å². The normalized spacial score (nSPS) is 11.0. The first-order chi connectivity index (χ1) is 13.1. The number of nitrogens with zero attached hydrogens (tertiary/aromatic N) is 2. The van der Waals surface area contributed by atoms with Crippen LogP contribution in [0.4, 0.5) is 5.13 Å². The smallest absolute Gasteiger partial charge is 0.269 e. The molecular formula is C19H14ClN3OS3. The van der Waals surface area contributed by atoms with Gasteiger partial charge in [-0.25, -0.2) is 0 Å². The van der Waals surface area contributed by atoms with Gasteiger partial charge in [-0.05, 0) is 18.6 Å². The number of anilines is 1. The second kappa shape index (κ2) is 7.98. The lowest BCUT2D eigenvalue weighted by Gasteiger charge is -1.99. The predicted molar refractivity (Wildman–Crippen MR) is 115 cm³/mol. The first-order valence-electron chi connectivity index (χ1n) is 8.10. The molecule has 1 amide bonds. The van der Waals surface area contributed by atoms with E-state index in [1.807, 2.05) is 24.3 Å². The fourth-order valence-corrected chi connectivity index (χ4v) is 5.58. The first kappa shape index (κ1) is 18.4. The van der Waals surface area contributed by atoms with Crippen molar-refractivity contribution < 1.29 is 4.79 Å². The molecule has 0 aliphatic carbocycles. The first-order valence-corrected chi connectivity index (χ1v) is 11.1. The molecule has 8 heteroatoms. The molecule has 0 spiro atoms. The molecule has 4 rings (SSSR count). The molecular weight excluding hydrogens is 418 g/mol. The maximum Gasteiger partial charge on any atom is 0.269 e. The zero-order chi connectivity index (χ0) is 18.8. The summed E-state index contributed by atoms with van der Waals surface area (Å²) in [5.41, 5.74) is 2.47. The summed E-state index contributed by atoms with van der Waals surface area (Å²) in [5.74, 6) is 0.554. The van der Waals surface area contributed by atoms with Crippen LogP contribution < -0.4 is 5.32 Å². The van der Waals surface area contributed by atoms with Gasteiger partial charge in [0.1, 0.15) is 4.88 Å². The SMILES string of the molecule is Cc1ccc(CSc2nnc(NC(=O)c3sc4ccccc4c3Cl)s2)cc1. The number of carbonyl (C=O) groups is 1. The maximum atomic E-state index is 12.6. The molecule has 0 bridgehead atoms. The Hall–Kier alpha value is -1.93. The summed E-state index contributed by atoms with van der Waals surface area (Å²) in [5, 5.41) is 12.9. The van der Waals surface area contributed by atoms with E-state index in [0.717, 1.165) is 20.2 Å². The zero-order valence-corrected chi connectivity index (χ0v) is 17.4. The van der Waals surface area contributed by atoms with E-state index in [9.17, 15) is 4.79 Å². The number of thiophene rings is 1. The van der Waals surface area contributed by atoms with Crippen molar-refractivity contribution in [3.63, 3.8) is 0 Å². The minimum atomic E-state index is -0.257. The quantitative estimate of drug-likeness (QED) is 0.299. The molecule has 0 saturated heterocycles. The molecule has 0 fully saturated rings. The number of carbonyl (C=O) groups excluding carboxylic acids is 1. The fraction of sp³-hybridized carbons (Fsp3) is 0.105. The van der Waals surface area contributed by atoms with Crippen LogP contribution in [-0.2, 0) is 5.75 Å². The third kappa shape index (κ3) is 4.16. The van der Waals surface area contributed by atoms with Crippen molar-refractivity contribution in [3.05, 3.63) is 69.6 Å². The van der Waals surface area contributed by atoms with E-state index in [1.54, 1.807) is 11.8 Å². The molecule has 0 aliphatic heterocycles. The van der Waals surface area contributed by atoms with E-state index >= 15 is 0 Å². The summed E-state index contributed by atoms with van der Waals surface area (Å²) < 4.78 is 1.80. The lowest BCUT2D eigenvalue weighted by Crippen LogP contribution is -2.10. The number of benzene rings is 2. The van der Waals surface area contributed by atoms with Crippen LogP contribution in [0.3, 0.4) is 0 Å². The van der Waals surface area contributed by atoms with E-state index in [1.165, 1.54) is 33.8 Å². The summed E-state index contributed by atoms with van der Waals surface area (Å²) in [6, 6.07) is 16.1. The number of rotatable bonds is 5. The van der Waals surface area contributed by atoms with Crippen molar-refractivity contribution in [2.24, 2.45) is 0 Å². The van der Waals surface area contributed by atoms with Crippen molar-refractivity contribution in [2.45, 2.75) is 17.0 Å². The number of aromatic nitrogens is 2. The monoisotopic (exact) mass is 431 g/mol. The van der Waals surface area contributed by atoms with Gasteiger partial charge in [-0.1, -0.05) is 82.7 Å². The van der Waals surface area contributed by atoms with E-state index in [0.29, 0.717) is 15.0 Å². The van der Waals surface area contributed by atoms with Gasteiger partial charge in [0.05, 0.1) is 5.02 Å². The van der Waals surface area contributed by atoms with E-state index in [4.69, 9.17) is 11.6 Å². The highest BCUT2D eigenvalue weighted by atomic mass is 35.5. The highest BCUT2D eigenvalue weighted by molar-refractivity contribution is 8.00. The number of halogens is 1. The minimum absolute atomic E-state index is 0.257. The minimum Gasteiger partial charge on any atom is -0.296 e. The highest BCUT2D eigenvalue weighted by Gasteiger charge is 2.18. The molecule has 0 unspecified atom stereocenters. The number of aryl methyl sites for hydroxylation is 1. The molecule has 27 heavy (non-hydrogen) atoms. The van der Waals surface area contributed by atoms with Gasteiger partial charge in [0.25, 0.3) is 5.91 Å². The van der Waals surface area contributed by atoms with Crippen LogP contribution in [0.2, 0.25) is 5.02 Å². The van der Waals surface area contributed by atoms with Crippen LogP contribution in [-0.4, -0.2) is 16.1 Å². The van der Waals surface area contributed by atoms with Crippen molar-refractivity contribution in [1.82, 2.24) is 10.2 Å². The Morgan fingerprint density at radius 1 is 1.11 bits per heavy atom. The van der Waals surface area contributed by atoms with Crippen molar-refractivity contribution in [2.75, 3.05) is 5.32 Å². The van der Waals surface area contributed by atoms with Crippen molar-refractivity contribution >= 4 is 67.2 Å². The Balaban J connectivity index is 1.43. The van der Waals surface area contributed by atoms with Crippen LogP contribution in [0.5, 0.6) is 0 Å². The lowest BCUT2D eigenvalue weighted by molar-refractivity contribution is 0.103. The van der Waals surface area contributed by atoms with E-state index in [2.05, 4.69) is 46.7 Å². The molecule has 1 N–H and O–H groups in total. The van der Waals surface area contributed by atoms with Crippen molar-refractivity contribution in [1.29, 1.82) is 0 Å². The van der Waals surface area contributed by atoms with Gasteiger partial charge in [-0.15, -0.1) is 21.5 Å². The zero-order valence-electron chi connectivity index (χ0n) is 14.2. The Morgan fingerprint density at radius 2 is 1.89 bits per heavy atom. The summed E-state index contributed by atoms with van der Waals surface area (Å²) in [4.78, 5) is 13.1. The molecule has 0 saturated carbocycles. The largest absolute Gasteiger partial charge is 0.296 e. The molecule has 2 heterocycles. The standard InChI is InChI=1S/C19H14ClN3OS3/c1-11-6-8-12(9-7-11)10-25-19-23-22-18(27-19)21-17(24)16-15(20)13-4-2-3-5-14(13)26-16/h2-9H,10H2,1H3,(H,21,22,24). The topological polar surface area (TPSA) is 54.9 Å². The average molecular weight is 432 g/mol. The third-order valence-electron chi connectivity index (χ3n) is 3.85. The summed E-state index contributed by atoms with van der Waals surface area (Å²) in [6.07, 6.45) is 0. The Kier molecular flexibility index (Phi) is 5.45. The van der Waals surface area contributed by atoms with Gasteiger partial charge in [-0.2, -0.15) is 0 Å². The molecule has 0 aliphatic rings. The number of fused-ring (bicyclic) bond motifs is 1. The van der Waals surface area contributed by atoms with Crippen LogP contribution in [0.25, 0.3) is 10.1 Å². The van der Waals surface area contributed by atoms with Gasteiger partial charge in [0, 0.05) is 15.8 Å². The Labute approximate surface area is 173 Å². The molecule has 4 aromatic rings. The summed E-state index contributed by atoms with van der Waals surface area (Å²) in [7, 11) is 0. The fourth-order valence-electron chi connectivity index (χ4n) is 2.46. The second-order valence-electron chi connectivity index (χ2n) is 5.84. The molecule has 0 atom stereocenters. The number of amides is 1. The second-order valence-corrected chi connectivity index (χ2v) is 9.47. The molecule has 136 valence electrons. The van der Waals surface area contributed by atoms with E-state index in [-0.39, 0.29) is 5.91 Å². The number of thioether (sulfide) groups is 1. The van der Waals surface area contributed by atoms with Crippen LogP contribution in [0, 0.1) is 6.92 Å². The number of hydrogen-bond acceptors (Lipinski definition) is 6. The molecule has 2 aromatic carbocycles. The average Bonchev–Trinajstić information content (AvgIpc) is 3.26. The highest BCUT2D eigenvalue weighted by Crippen LogP contribution is 2.36. The lowest BCUT2D eigenvalue weighted by atomic mass is 10.2. The Morgan fingerprint density at radius 3 is 2.67 bits per heavy atom. The van der Waals surface area contributed by atoms with Crippen LogP contribution >= 0.6 is 46.0 Å². The van der Waals surface area contributed by atoms with Crippen LogP contribution in [0.1, 0.15) is 20.8 Å². The predicted octanol–water partition coefficient (Wildman–Crippen LogP) is 6.26. The van der Waals surface area contributed by atoms with Crippen LogP contribution in [0.15, 0.2) is 52.9 Å². The molecule has 4 nitrogen and oxygen atoms in total. The van der Waals surface area contributed by atoms with Gasteiger partial charge >= 0.3 is 0 Å². The number of nitrogens with one attached hydrogen (secondary N) is 1. The number of hydrogen-bond donors (Lipinski definition) is 1. The molecule has 0 radical (unpaired) electrons. The summed E-state index contributed by atoms with van der Waals surface area (Å²) in [6.45, 7) is 2.07. The van der Waals surface area contributed by atoms with Gasteiger partial charge in [-0.3, -0.25) is 10.1 Å². The van der Waals surface area contributed by atoms with Gasteiger partial charge < -0.3 is 0 Å². The summed E-state index contributed by atoms with van der Waals surface area (Å²) >= 11 is 10.7.